The number of carbonyl (C=O) groups excluding carboxylic acids is 2. The van der Waals surface area contributed by atoms with Crippen molar-refractivity contribution in [2.75, 3.05) is 20.1 Å². The van der Waals surface area contributed by atoms with E-state index < -0.39 is 13.2 Å². The van der Waals surface area contributed by atoms with Gasteiger partial charge in [0.2, 0.25) is 5.91 Å². The van der Waals surface area contributed by atoms with Gasteiger partial charge in [-0.05, 0) is 49.7 Å². The third kappa shape index (κ3) is 4.10. The third-order valence-corrected chi connectivity index (χ3v) is 7.72. The Labute approximate surface area is 193 Å². The van der Waals surface area contributed by atoms with Crippen molar-refractivity contribution in [2.45, 2.75) is 90.4 Å². The average molecular weight is 442 g/mol. The second-order valence-corrected chi connectivity index (χ2v) is 9.16. The molecule has 2 aliphatic heterocycles. The molecule has 32 heavy (non-hydrogen) atoms. The molecule has 0 N–H and O–H groups in total. The summed E-state index contributed by atoms with van der Waals surface area (Å²) < 4.78 is 13.2. The number of nitrogens with zero attached hydrogens (tertiary/aromatic N) is 2. The zero-order chi connectivity index (χ0) is 23.5. The molecular formula is C25H39BN2O4. The molecule has 1 aromatic rings. The fraction of sp³-hybridized carbons (Fsp3) is 0.680. The summed E-state index contributed by atoms with van der Waals surface area (Å²) in [7, 11) is 1.31. The first kappa shape index (κ1) is 24.8. The largest absolute Gasteiger partial charge is 0.494 e. The standard InChI is InChI=1S/C25H39BN2O4/c1-7-13-21-23(30)27(6)16-17-28(21)22(29)19-14-12-15-20(18-19)26-31-24(8-2,9-3)25(10-4,11-5)32-26/h12,14-15,18,21H,7-11,13,16-17H2,1-6H3/t21-/m1/s1. The van der Waals surface area contributed by atoms with Crippen molar-refractivity contribution in [1.82, 2.24) is 9.80 Å². The number of hydrogen-bond acceptors (Lipinski definition) is 4. The van der Waals surface area contributed by atoms with E-state index in [1.54, 1.807) is 9.80 Å². The Kier molecular flexibility index (Phi) is 7.71. The molecular weight excluding hydrogens is 403 g/mol. The van der Waals surface area contributed by atoms with Gasteiger partial charge in [0.15, 0.2) is 0 Å². The molecule has 0 aromatic heterocycles. The minimum atomic E-state index is -0.497. The molecule has 176 valence electrons. The molecule has 2 fully saturated rings. The molecule has 6 nitrogen and oxygen atoms in total. The molecule has 0 bridgehead atoms. The predicted molar refractivity (Wildman–Crippen MR) is 128 cm³/mol. The van der Waals surface area contributed by atoms with Gasteiger partial charge in [-0.25, -0.2) is 0 Å². The molecule has 2 aliphatic rings. The van der Waals surface area contributed by atoms with Crippen molar-refractivity contribution in [3.63, 3.8) is 0 Å². The molecule has 3 rings (SSSR count). The average Bonchev–Trinajstić information content (AvgIpc) is 3.17. The maximum absolute atomic E-state index is 13.5. The summed E-state index contributed by atoms with van der Waals surface area (Å²) in [6, 6.07) is 7.18. The number of amides is 2. The van der Waals surface area contributed by atoms with Gasteiger partial charge in [0, 0.05) is 25.7 Å². The van der Waals surface area contributed by atoms with E-state index in [9.17, 15) is 9.59 Å². The second-order valence-electron chi connectivity index (χ2n) is 9.16. The van der Waals surface area contributed by atoms with Crippen molar-refractivity contribution in [3.8, 4) is 0 Å². The molecule has 2 saturated heterocycles. The van der Waals surface area contributed by atoms with Gasteiger partial charge in [-0.15, -0.1) is 0 Å². The highest BCUT2D eigenvalue weighted by atomic mass is 16.7. The molecule has 0 aliphatic carbocycles. The van der Waals surface area contributed by atoms with E-state index >= 15 is 0 Å². The number of carbonyl (C=O) groups is 2. The lowest BCUT2D eigenvalue weighted by atomic mass is 9.75. The third-order valence-electron chi connectivity index (χ3n) is 7.72. The zero-order valence-electron chi connectivity index (χ0n) is 20.6. The molecule has 2 amide bonds. The van der Waals surface area contributed by atoms with Crippen LogP contribution in [0.5, 0.6) is 0 Å². The molecule has 1 aromatic carbocycles. The van der Waals surface area contributed by atoms with Crippen molar-refractivity contribution in [2.24, 2.45) is 0 Å². The van der Waals surface area contributed by atoms with Crippen LogP contribution in [0.2, 0.25) is 0 Å². The summed E-state index contributed by atoms with van der Waals surface area (Å²) in [6.07, 6.45) is 5.04. The second kappa shape index (κ2) is 9.96. The van der Waals surface area contributed by atoms with Crippen molar-refractivity contribution < 1.29 is 18.9 Å². The van der Waals surface area contributed by atoms with E-state index in [1.165, 1.54) is 0 Å². The number of rotatable bonds is 8. The quantitative estimate of drug-likeness (QED) is 0.577. The summed E-state index contributed by atoms with van der Waals surface area (Å²) in [5, 5.41) is 0. The van der Waals surface area contributed by atoms with Crippen LogP contribution in [-0.4, -0.2) is 66.1 Å². The summed E-state index contributed by atoms with van der Waals surface area (Å²) in [5.41, 5.74) is 0.768. The number of benzene rings is 1. The highest BCUT2D eigenvalue weighted by Gasteiger charge is 2.58. The van der Waals surface area contributed by atoms with Crippen LogP contribution in [0.3, 0.4) is 0 Å². The fourth-order valence-corrected chi connectivity index (χ4v) is 5.60. The van der Waals surface area contributed by atoms with Crippen LogP contribution >= 0.6 is 0 Å². The van der Waals surface area contributed by atoms with Crippen LogP contribution in [-0.2, 0) is 14.1 Å². The van der Waals surface area contributed by atoms with Gasteiger partial charge in [0.25, 0.3) is 5.91 Å². The van der Waals surface area contributed by atoms with Crippen molar-refractivity contribution in [3.05, 3.63) is 29.8 Å². The topological polar surface area (TPSA) is 59.1 Å². The molecule has 0 radical (unpaired) electrons. The minimum absolute atomic E-state index is 0.0245. The van der Waals surface area contributed by atoms with E-state index in [-0.39, 0.29) is 23.0 Å². The van der Waals surface area contributed by atoms with Gasteiger partial charge in [-0.3, -0.25) is 9.59 Å². The van der Waals surface area contributed by atoms with Gasteiger partial charge in [-0.2, -0.15) is 0 Å². The van der Waals surface area contributed by atoms with Crippen molar-refractivity contribution >= 4 is 24.4 Å². The Hall–Kier alpha value is -1.86. The Morgan fingerprint density at radius 2 is 1.62 bits per heavy atom. The summed E-state index contributed by atoms with van der Waals surface area (Å²) >= 11 is 0. The Balaban J connectivity index is 1.88. The van der Waals surface area contributed by atoms with Crippen LogP contribution in [0.15, 0.2) is 24.3 Å². The predicted octanol–water partition coefficient (Wildman–Crippen LogP) is 3.63. The van der Waals surface area contributed by atoms with E-state index in [4.69, 9.17) is 9.31 Å². The Morgan fingerprint density at radius 1 is 1.03 bits per heavy atom. The lowest BCUT2D eigenvalue weighted by Crippen LogP contribution is -2.57. The van der Waals surface area contributed by atoms with Crippen molar-refractivity contribution in [1.29, 1.82) is 0 Å². The summed E-state index contributed by atoms with van der Waals surface area (Å²) in [6.45, 7) is 11.8. The maximum Gasteiger partial charge on any atom is 0.494 e. The Morgan fingerprint density at radius 3 is 2.16 bits per heavy atom. The van der Waals surface area contributed by atoms with E-state index in [0.29, 0.717) is 25.1 Å². The highest BCUT2D eigenvalue weighted by Crippen LogP contribution is 2.46. The van der Waals surface area contributed by atoms with Gasteiger partial charge < -0.3 is 19.1 Å². The highest BCUT2D eigenvalue weighted by molar-refractivity contribution is 6.62. The first-order chi connectivity index (χ1) is 15.3. The van der Waals surface area contributed by atoms with Crippen LogP contribution in [0.4, 0.5) is 0 Å². The van der Waals surface area contributed by atoms with E-state index in [1.807, 2.05) is 38.2 Å². The van der Waals surface area contributed by atoms with Crippen LogP contribution < -0.4 is 5.46 Å². The van der Waals surface area contributed by atoms with Gasteiger partial charge in [-0.1, -0.05) is 53.2 Å². The number of likely N-dealkylation sites (N-methyl/N-ethyl adjacent to an activating group) is 1. The lowest BCUT2D eigenvalue weighted by molar-refractivity contribution is -0.138. The normalized spacial score (nSPS) is 22.5. The zero-order valence-corrected chi connectivity index (χ0v) is 20.6. The number of piperazine rings is 1. The Bertz CT molecular complexity index is 802. The monoisotopic (exact) mass is 442 g/mol. The molecule has 1 atom stereocenters. The SMILES string of the molecule is CCC[C@@H]1C(=O)N(C)CCN1C(=O)c1cccc(B2OC(CC)(CC)C(CC)(CC)O2)c1. The van der Waals surface area contributed by atoms with Crippen LogP contribution in [0, 0.1) is 0 Å². The van der Waals surface area contributed by atoms with E-state index in [2.05, 4.69) is 27.7 Å². The van der Waals surface area contributed by atoms with Gasteiger partial charge >= 0.3 is 7.12 Å². The van der Waals surface area contributed by atoms with E-state index in [0.717, 1.165) is 37.6 Å². The fourth-order valence-electron chi connectivity index (χ4n) is 5.60. The van der Waals surface area contributed by atoms with Gasteiger partial charge in [0.05, 0.1) is 11.2 Å². The minimum Gasteiger partial charge on any atom is -0.399 e. The molecule has 7 heteroatoms. The van der Waals surface area contributed by atoms with Crippen LogP contribution in [0.25, 0.3) is 0 Å². The molecule has 2 heterocycles. The summed E-state index contributed by atoms with van der Waals surface area (Å²) in [4.78, 5) is 29.6. The first-order valence-electron chi connectivity index (χ1n) is 12.3. The summed E-state index contributed by atoms with van der Waals surface area (Å²) in [5.74, 6) is -0.0735. The first-order valence-corrected chi connectivity index (χ1v) is 12.3. The molecule has 0 saturated carbocycles. The smallest absolute Gasteiger partial charge is 0.399 e. The van der Waals surface area contributed by atoms with Gasteiger partial charge in [0.1, 0.15) is 6.04 Å². The lowest BCUT2D eigenvalue weighted by Gasteiger charge is -2.42. The van der Waals surface area contributed by atoms with Crippen LogP contribution in [0.1, 0.15) is 83.5 Å². The number of hydrogen-bond donors (Lipinski definition) is 0. The maximum atomic E-state index is 13.5. The molecule has 0 spiro atoms. The molecule has 0 unspecified atom stereocenters.